The molecule has 0 unspecified atom stereocenters. The van der Waals surface area contributed by atoms with Crippen molar-refractivity contribution >= 4 is 22.6 Å². The number of benzene rings is 3. The van der Waals surface area contributed by atoms with Gasteiger partial charge in [-0.05, 0) is 17.7 Å². The molecule has 0 saturated heterocycles. The van der Waals surface area contributed by atoms with Crippen molar-refractivity contribution in [2.24, 2.45) is 4.99 Å². The molecule has 0 aliphatic carbocycles. The van der Waals surface area contributed by atoms with Crippen LogP contribution >= 0.6 is 11.8 Å². The Hall–Kier alpha value is -3.44. The van der Waals surface area contributed by atoms with Crippen molar-refractivity contribution in [2.75, 3.05) is 5.75 Å². The van der Waals surface area contributed by atoms with Crippen molar-refractivity contribution in [3.05, 3.63) is 107 Å². The van der Waals surface area contributed by atoms with Crippen LogP contribution in [0.25, 0.3) is 21.8 Å². The fraction of sp³-hybridized carbons (Fsp3) is 0.0417. The first-order valence-corrected chi connectivity index (χ1v) is 10.3. The highest BCUT2D eigenvalue weighted by molar-refractivity contribution is 8.08. The topological polar surface area (TPSA) is 47.2 Å². The molecule has 0 spiro atoms. The Morgan fingerprint density at radius 2 is 1.34 bits per heavy atom. The third-order valence-electron chi connectivity index (χ3n) is 4.74. The lowest BCUT2D eigenvalue weighted by Gasteiger charge is -2.05. The average Bonchev–Trinajstić information content (AvgIpc) is 3.05. The normalized spacial score (nSPS) is 13.5. The molecule has 5 rings (SSSR count). The van der Waals surface area contributed by atoms with E-state index in [1.807, 2.05) is 78.9 Å². The first-order chi connectivity index (χ1) is 14.3. The van der Waals surface area contributed by atoms with Gasteiger partial charge in [-0.1, -0.05) is 78.9 Å². The second-order valence-electron chi connectivity index (χ2n) is 6.65. The summed E-state index contributed by atoms with van der Waals surface area (Å²) in [5.41, 5.74) is 4.35. The Kier molecular flexibility index (Phi) is 4.58. The van der Waals surface area contributed by atoms with E-state index in [9.17, 15) is 4.79 Å². The zero-order valence-electron chi connectivity index (χ0n) is 15.5. The number of hydrogen-bond acceptors (Lipinski definition) is 3. The minimum absolute atomic E-state index is 0.154. The summed E-state index contributed by atoms with van der Waals surface area (Å²) in [4.78, 5) is 18.0. The van der Waals surface area contributed by atoms with Crippen molar-refractivity contribution < 1.29 is 4.79 Å². The smallest absolute Gasteiger partial charge is 0.258 e. The summed E-state index contributed by atoms with van der Waals surface area (Å²) in [7, 11) is 0. The van der Waals surface area contributed by atoms with Crippen molar-refractivity contribution in [1.29, 1.82) is 0 Å². The molecule has 140 valence electrons. The van der Waals surface area contributed by atoms with Gasteiger partial charge >= 0.3 is 0 Å². The lowest BCUT2D eigenvalue weighted by atomic mass is 10.1. The second-order valence-corrected chi connectivity index (χ2v) is 7.64. The van der Waals surface area contributed by atoms with E-state index in [0.29, 0.717) is 11.2 Å². The monoisotopic (exact) mass is 395 g/mol. The zero-order valence-corrected chi connectivity index (χ0v) is 16.3. The van der Waals surface area contributed by atoms with Crippen molar-refractivity contribution in [2.45, 2.75) is 0 Å². The van der Waals surface area contributed by atoms with Crippen LogP contribution in [-0.4, -0.2) is 21.4 Å². The maximum atomic E-state index is 12.5. The van der Waals surface area contributed by atoms with Crippen LogP contribution in [0.15, 0.2) is 96.0 Å². The molecule has 0 atom stereocenters. The van der Waals surface area contributed by atoms with E-state index in [4.69, 9.17) is 5.10 Å². The molecule has 0 N–H and O–H groups in total. The van der Waals surface area contributed by atoms with Crippen molar-refractivity contribution in [3.8, 4) is 16.9 Å². The van der Waals surface area contributed by atoms with Gasteiger partial charge in [0.25, 0.3) is 5.91 Å². The van der Waals surface area contributed by atoms with Crippen LogP contribution < -0.4 is 10.7 Å². The Morgan fingerprint density at radius 1 is 0.759 bits per heavy atom. The minimum Gasteiger partial charge on any atom is -0.272 e. The SMILES string of the molecule is O=C1CSC(c2ccccc2)=c2c(-c3ccccc3)nn(-c3ccccc3)c2=N1. The number of rotatable bonds is 3. The van der Waals surface area contributed by atoms with Gasteiger partial charge in [0.2, 0.25) is 0 Å². The van der Waals surface area contributed by atoms with Gasteiger partial charge in [-0.3, -0.25) is 4.79 Å². The molecule has 3 aromatic carbocycles. The molecule has 4 nitrogen and oxygen atoms in total. The van der Waals surface area contributed by atoms with E-state index in [1.54, 1.807) is 4.68 Å². The standard InChI is InChI=1S/C24H17N3OS/c28-20-16-29-23(18-12-6-2-7-13-18)21-22(17-10-4-1-5-11-17)26-27(24(21)25-20)19-14-8-3-9-15-19/h1-15H,16H2. The van der Waals surface area contributed by atoms with Gasteiger partial charge in [0, 0.05) is 10.5 Å². The van der Waals surface area contributed by atoms with Crippen molar-refractivity contribution in [3.63, 3.8) is 0 Å². The molecule has 1 amide bonds. The largest absolute Gasteiger partial charge is 0.272 e. The minimum atomic E-state index is -0.154. The predicted octanol–water partition coefficient (Wildman–Crippen LogP) is 3.59. The number of thioether (sulfide) groups is 1. The molecule has 1 aromatic heterocycles. The number of fused-ring (bicyclic) bond motifs is 1. The molecule has 0 fully saturated rings. The third kappa shape index (κ3) is 3.30. The highest BCUT2D eigenvalue weighted by Crippen LogP contribution is 2.27. The van der Waals surface area contributed by atoms with E-state index in [0.717, 1.165) is 32.6 Å². The third-order valence-corrected chi connectivity index (χ3v) is 5.86. The maximum Gasteiger partial charge on any atom is 0.258 e. The number of para-hydroxylation sites is 1. The lowest BCUT2D eigenvalue weighted by Crippen LogP contribution is -2.31. The van der Waals surface area contributed by atoms with E-state index in [1.165, 1.54) is 11.8 Å². The molecular weight excluding hydrogens is 378 g/mol. The molecule has 1 aliphatic heterocycles. The Morgan fingerprint density at radius 3 is 2.00 bits per heavy atom. The van der Waals surface area contributed by atoms with Gasteiger partial charge in [-0.2, -0.15) is 10.1 Å². The molecule has 29 heavy (non-hydrogen) atoms. The first-order valence-electron chi connectivity index (χ1n) is 9.35. The summed E-state index contributed by atoms with van der Waals surface area (Å²) in [6.07, 6.45) is 0. The van der Waals surface area contributed by atoms with Gasteiger partial charge in [-0.15, -0.1) is 11.8 Å². The number of hydrogen-bond donors (Lipinski definition) is 0. The number of amides is 1. The highest BCUT2D eigenvalue weighted by Gasteiger charge is 2.21. The maximum absolute atomic E-state index is 12.5. The zero-order chi connectivity index (χ0) is 19.6. The summed E-state index contributed by atoms with van der Waals surface area (Å²) in [6, 6.07) is 30.0. The van der Waals surface area contributed by atoms with Crippen LogP contribution in [0.1, 0.15) is 5.56 Å². The molecule has 1 aliphatic rings. The van der Waals surface area contributed by atoms with Crippen LogP contribution in [-0.2, 0) is 4.79 Å². The Balaban J connectivity index is 1.95. The predicted molar refractivity (Wildman–Crippen MR) is 116 cm³/mol. The number of nitrogens with zero attached hydrogens (tertiary/aromatic N) is 3. The van der Waals surface area contributed by atoms with Crippen LogP contribution in [0.2, 0.25) is 0 Å². The van der Waals surface area contributed by atoms with Crippen LogP contribution in [0.3, 0.4) is 0 Å². The van der Waals surface area contributed by atoms with Gasteiger partial charge in [0.1, 0.15) is 5.69 Å². The second kappa shape index (κ2) is 7.53. The summed E-state index contributed by atoms with van der Waals surface area (Å²) < 4.78 is 1.78. The fourth-order valence-corrected chi connectivity index (χ4v) is 4.41. The van der Waals surface area contributed by atoms with Gasteiger partial charge in [0.15, 0.2) is 5.49 Å². The summed E-state index contributed by atoms with van der Waals surface area (Å²) in [5, 5.41) is 5.83. The molecular formula is C24H17N3OS. The van der Waals surface area contributed by atoms with E-state index in [2.05, 4.69) is 17.1 Å². The quantitative estimate of drug-likeness (QED) is 0.533. The summed E-state index contributed by atoms with van der Waals surface area (Å²) >= 11 is 1.53. The van der Waals surface area contributed by atoms with E-state index < -0.39 is 0 Å². The molecule has 4 aromatic rings. The summed E-state index contributed by atoms with van der Waals surface area (Å²) in [5.74, 6) is 0.154. The van der Waals surface area contributed by atoms with E-state index >= 15 is 0 Å². The molecule has 0 bridgehead atoms. The van der Waals surface area contributed by atoms with E-state index in [-0.39, 0.29) is 5.91 Å². The van der Waals surface area contributed by atoms with Crippen LogP contribution in [0, 0.1) is 0 Å². The molecule has 0 saturated carbocycles. The highest BCUT2D eigenvalue weighted by atomic mass is 32.2. The number of carbonyl (C=O) groups excluding carboxylic acids is 1. The number of carbonyl (C=O) groups is 1. The fourth-order valence-electron chi connectivity index (χ4n) is 3.44. The van der Waals surface area contributed by atoms with Crippen LogP contribution in [0.5, 0.6) is 0 Å². The van der Waals surface area contributed by atoms with Crippen molar-refractivity contribution in [1.82, 2.24) is 9.78 Å². The first kappa shape index (κ1) is 17.6. The molecule has 5 heteroatoms. The summed E-state index contributed by atoms with van der Waals surface area (Å²) in [6.45, 7) is 0. The Labute approximate surface area is 172 Å². The van der Waals surface area contributed by atoms with Gasteiger partial charge < -0.3 is 0 Å². The number of aromatic nitrogens is 2. The van der Waals surface area contributed by atoms with Gasteiger partial charge in [-0.25, -0.2) is 4.68 Å². The van der Waals surface area contributed by atoms with Crippen LogP contribution in [0.4, 0.5) is 0 Å². The Bertz CT molecular complexity index is 1300. The molecule has 0 radical (unpaired) electrons. The lowest BCUT2D eigenvalue weighted by molar-refractivity contribution is -0.115. The average molecular weight is 395 g/mol. The molecule has 2 heterocycles. The van der Waals surface area contributed by atoms with Gasteiger partial charge in [0.05, 0.1) is 16.7 Å².